The quantitative estimate of drug-likeness (QED) is 0.898. The van der Waals surface area contributed by atoms with E-state index in [9.17, 15) is 9.18 Å². The van der Waals surface area contributed by atoms with E-state index in [0.717, 1.165) is 25.7 Å². The van der Waals surface area contributed by atoms with E-state index in [0.29, 0.717) is 12.1 Å². The Balaban J connectivity index is 0.00000220. The molecule has 0 aliphatic heterocycles. The van der Waals surface area contributed by atoms with Gasteiger partial charge in [0.2, 0.25) is 5.91 Å². The van der Waals surface area contributed by atoms with Crippen molar-refractivity contribution in [3.63, 3.8) is 0 Å². The summed E-state index contributed by atoms with van der Waals surface area (Å²) in [7, 11) is 0. The van der Waals surface area contributed by atoms with Crippen LogP contribution in [0.25, 0.3) is 0 Å². The molecule has 0 radical (unpaired) electrons. The van der Waals surface area contributed by atoms with Gasteiger partial charge in [-0.25, -0.2) is 4.39 Å². The Bertz CT molecular complexity index is 499. The lowest BCUT2D eigenvalue weighted by Crippen LogP contribution is -2.54. The SMILES string of the molecule is CC(C)(CNC(=O)C1(N)CCCC1)c1ccccc1F.Cl. The number of rotatable bonds is 4. The second-order valence-electron chi connectivity index (χ2n) is 6.41. The molecule has 21 heavy (non-hydrogen) atoms. The lowest BCUT2D eigenvalue weighted by atomic mass is 9.84. The first-order valence-electron chi connectivity index (χ1n) is 7.17. The second-order valence-corrected chi connectivity index (χ2v) is 6.41. The molecule has 1 aromatic rings. The summed E-state index contributed by atoms with van der Waals surface area (Å²) in [4.78, 5) is 12.2. The maximum absolute atomic E-state index is 13.8. The van der Waals surface area contributed by atoms with E-state index in [-0.39, 0.29) is 24.1 Å². The van der Waals surface area contributed by atoms with Crippen molar-refractivity contribution in [2.45, 2.75) is 50.5 Å². The molecule has 0 spiro atoms. The molecule has 2 rings (SSSR count). The van der Waals surface area contributed by atoms with E-state index in [1.807, 2.05) is 19.9 Å². The Hall–Kier alpha value is -1.13. The summed E-state index contributed by atoms with van der Waals surface area (Å²) in [5, 5.41) is 2.90. The van der Waals surface area contributed by atoms with Crippen LogP contribution >= 0.6 is 12.4 Å². The fourth-order valence-electron chi connectivity index (χ4n) is 2.82. The largest absolute Gasteiger partial charge is 0.354 e. The molecular weight excluding hydrogens is 291 g/mol. The molecule has 1 fully saturated rings. The van der Waals surface area contributed by atoms with Gasteiger partial charge in [0.1, 0.15) is 5.82 Å². The Labute approximate surface area is 131 Å². The van der Waals surface area contributed by atoms with Crippen LogP contribution in [0.5, 0.6) is 0 Å². The fraction of sp³-hybridized carbons (Fsp3) is 0.562. The summed E-state index contributed by atoms with van der Waals surface area (Å²) in [6, 6.07) is 6.68. The van der Waals surface area contributed by atoms with Crippen LogP contribution in [-0.4, -0.2) is 18.0 Å². The Kier molecular flexibility index (Phi) is 5.76. The molecule has 0 aromatic heterocycles. The second kappa shape index (κ2) is 6.75. The van der Waals surface area contributed by atoms with Crippen molar-refractivity contribution in [3.8, 4) is 0 Å². The van der Waals surface area contributed by atoms with Crippen LogP contribution in [0.3, 0.4) is 0 Å². The predicted molar refractivity (Wildman–Crippen MR) is 85.1 cm³/mol. The first-order chi connectivity index (χ1) is 9.35. The highest BCUT2D eigenvalue weighted by molar-refractivity contribution is 5.86. The van der Waals surface area contributed by atoms with Crippen molar-refractivity contribution in [2.24, 2.45) is 5.73 Å². The van der Waals surface area contributed by atoms with Crippen LogP contribution in [-0.2, 0) is 10.2 Å². The van der Waals surface area contributed by atoms with Crippen molar-refractivity contribution in [3.05, 3.63) is 35.6 Å². The standard InChI is InChI=1S/C16H23FN2O.ClH/c1-15(2,12-7-3-4-8-13(12)17)11-19-14(20)16(18)9-5-6-10-16;/h3-4,7-8H,5-6,9-11,18H2,1-2H3,(H,19,20);1H. The zero-order chi connectivity index (χ0) is 14.8. The van der Waals surface area contributed by atoms with Crippen molar-refractivity contribution in [1.82, 2.24) is 5.32 Å². The number of nitrogens with one attached hydrogen (secondary N) is 1. The van der Waals surface area contributed by atoms with Crippen LogP contribution in [0.15, 0.2) is 24.3 Å². The van der Waals surface area contributed by atoms with Gasteiger partial charge in [0.15, 0.2) is 0 Å². The number of carbonyl (C=O) groups excluding carboxylic acids is 1. The number of hydrogen-bond acceptors (Lipinski definition) is 2. The molecule has 118 valence electrons. The van der Waals surface area contributed by atoms with Gasteiger partial charge in [-0.1, -0.05) is 44.9 Å². The van der Waals surface area contributed by atoms with E-state index in [1.54, 1.807) is 12.1 Å². The summed E-state index contributed by atoms with van der Waals surface area (Å²) in [5.74, 6) is -0.352. The van der Waals surface area contributed by atoms with Crippen LogP contribution in [0.1, 0.15) is 45.1 Å². The summed E-state index contributed by atoms with van der Waals surface area (Å²) in [6.07, 6.45) is 3.47. The average molecular weight is 315 g/mol. The molecule has 0 saturated heterocycles. The van der Waals surface area contributed by atoms with Gasteiger partial charge in [-0.05, 0) is 24.5 Å². The number of nitrogens with two attached hydrogens (primary N) is 1. The Morgan fingerprint density at radius 2 is 1.90 bits per heavy atom. The fourth-order valence-corrected chi connectivity index (χ4v) is 2.82. The van der Waals surface area contributed by atoms with Crippen LogP contribution in [0.4, 0.5) is 4.39 Å². The predicted octanol–water partition coefficient (Wildman–Crippen LogP) is 2.91. The van der Waals surface area contributed by atoms with E-state index >= 15 is 0 Å². The topological polar surface area (TPSA) is 55.1 Å². The number of hydrogen-bond donors (Lipinski definition) is 2. The lowest BCUT2D eigenvalue weighted by molar-refractivity contribution is -0.126. The van der Waals surface area contributed by atoms with E-state index in [2.05, 4.69) is 5.32 Å². The van der Waals surface area contributed by atoms with E-state index in [1.165, 1.54) is 6.07 Å². The minimum absolute atomic E-state index is 0. The number of amides is 1. The molecule has 0 bridgehead atoms. The van der Waals surface area contributed by atoms with Gasteiger partial charge in [0, 0.05) is 12.0 Å². The van der Waals surface area contributed by atoms with Crippen molar-refractivity contribution >= 4 is 18.3 Å². The van der Waals surface area contributed by atoms with Gasteiger partial charge in [-0.2, -0.15) is 0 Å². The minimum Gasteiger partial charge on any atom is -0.354 e. The summed E-state index contributed by atoms with van der Waals surface area (Å²) in [5.41, 5.74) is 5.53. The molecule has 0 heterocycles. The summed E-state index contributed by atoms with van der Waals surface area (Å²) < 4.78 is 13.8. The molecular formula is C16H24ClFN2O. The van der Waals surface area contributed by atoms with Gasteiger partial charge in [-0.3, -0.25) is 4.79 Å². The summed E-state index contributed by atoms with van der Waals surface area (Å²) >= 11 is 0. The highest BCUT2D eigenvalue weighted by Crippen LogP contribution is 2.28. The third-order valence-electron chi connectivity index (χ3n) is 4.24. The summed E-state index contributed by atoms with van der Waals surface area (Å²) in [6.45, 7) is 4.22. The molecule has 1 aliphatic rings. The maximum Gasteiger partial charge on any atom is 0.240 e. The van der Waals surface area contributed by atoms with Gasteiger partial charge in [0.05, 0.1) is 5.54 Å². The van der Waals surface area contributed by atoms with Gasteiger partial charge < -0.3 is 11.1 Å². The monoisotopic (exact) mass is 314 g/mol. The van der Waals surface area contributed by atoms with Crippen LogP contribution < -0.4 is 11.1 Å². The molecule has 5 heteroatoms. The average Bonchev–Trinajstić information content (AvgIpc) is 2.84. The van der Waals surface area contributed by atoms with Crippen LogP contribution in [0.2, 0.25) is 0 Å². The molecule has 1 aromatic carbocycles. The highest BCUT2D eigenvalue weighted by Gasteiger charge is 2.37. The molecule has 0 unspecified atom stereocenters. The Morgan fingerprint density at radius 3 is 2.48 bits per heavy atom. The normalized spacial score (nSPS) is 17.1. The third kappa shape index (κ3) is 3.95. The van der Waals surface area contributed by atoms with Crippen molar-refractivity contribution in [1.29, 1.82) is 0 Å². The molecule has 1 amide bonds. The van der Waals surface area contributed by atoms with Crippen molar-refractivity contribution in [2.75, 3.05) is 6.54 Å². The first kappa shape index (κ1) is 17.9. The zero-order valence-corrected chi connectivity index (χ0v) is 13.4. The first-order valence-corrected chi connectivity index (χ1v) is 7.17. The van der Waals surface area contributed by atoms with Crippen LogP contribution in [0, 0.1) is 5.82 Å². The highest BCUT2D eigenvalue weighted by atomic mass is 35.5. The lowest BCUT2D eigenvalue weighted by Gasteiger charge is -2.29. The van der Waals surface area contributed by atoms with E-state index in [4.69, 9.17) is 5.73 Å². The number of carbonyl (C=O) groups is 1. The maximum atomic E-state index is 13.8. The number of halogens is 2. The zero-order valence-electron chi connectivity index (χ0n) is 12.6. The molecule has 0 atom stereocenters. The van der Waals surface area contributed by atoms with Gasteiger partial charge >= 0.3 is 0 Å². The third-order valence-corrected chi connectivity index (χ3v) is 4.24. The van der Waals surface area contributed by atoms with E-state index < -0.39 is 11.0 Å². The number of benzene rings is 1. The molecule has 1 saturated carbocycles. The molecule has 3 nitrogen and oxygen atoms in total. The van der Waals surface area contributed by atoms with Gasteiger partial charge in [0.25, 0.3) is 0 Å². The molecule has 3 N–H and O–H groups in total. The minimum atomic E-state index is -0.731. The smallest absolute Gasteiger partial charge is 0.240 e. The van der Waals surface area contributed by atoms with Gasteiger partial charge in [-0.15, -0.1) is 12.4 Å². The van der Waals surface area contributed by atoms with Crippen molar-refractivity contribution < 1.29 is 9.18 Å². The Morgan fingerprint density at radius 1 is 1.33 bits per heavy atom. The molecule has 1 aliphatic carbocycles.